The van der Waals surface area contributed by atoms with Crippen molar-refractivity contribution in [2.75, 3.05) is 12.3 Å². The third-order valence-electron chi connectivity index (χ3n) is 3.33. The van der Waals surface area contributed by atoms with Crippen molar-refractivity contribution in [2.45, 2.75) is 25.4 Å². The zero-order chi connectivity index (χ0) is 13.1. The molecule has 1 fully saturated rings. The highest BCUT2D eigenvalue weighted by Crippen LogP contribution is 2.24. The van der Waals surface area contributed by atoms with Gasteiger partial charge in [-0.1, -0.05) is 6.42 Å². The Bertz CT molecular complexity index is 430. The molecule has 18 heavy (non-hydrogen) atoms. The molecule has 0 spiro atoms. The second kappa shape index (κ2) is 5.35. The van der Waals surface area contributed by atoms with Gasteiger partial charge in [0.05, 0.1) is 6.10 Å². The van der Waals surface area contributed by atoms with Gasteiger partial charge in [-0.05, 0) is 31.0 Å². The molecule has 0 bridgehead atoms. The maximum Gasteiger partial charge on any atom is 0.251 e. The second-order valence-electron chi connectivity index (χ2n) is 4.74. The number of hydrogen-bond acceptors (Lipinski definition) is 3. The highest BCUT2D eigenvalue weighted by Gasteiger charge is 2.25. The number of hydrogen-bond donors (Lipinski definition) is 3. The predicted octanol–water partition coefficient (Wildman–Crippen LogP) is 1.30. The molecule has 1 aromatic carbocycles. The SMILES string of the molecule is Nc1cc(F)cc(C(=O)NCC2CCCC2O)c1. The maximum atomic E-state index is 13.1. The van der Waals surface area contributed by atoms with Crippen LogP contribution >= 0.6 is 0 Å². The Morgan fingerprint density at radius 2 is 2.22 bits per heavy atom. The summed E-state index contributed by atoms with van der Waals surface area (Å²) in [5.74, 6) is -0.791. The summed E-state index contributed by atoms with van der Waals surface area (Å²) in [6.45, 7) is 0.413. The van der Waals surface area contributed by atoms with E-state index in [-0.39, 0.29) is 29.2 Å². The van der Waals surface area contributed by atoms with Crippen molar-refractivity contribution in [3.05, 3.63) is 29.6 Å². The molecule has 2 atom stereocenters. The fourth-order valence-corrected chi connectivity index (χ4v) is 2.32. The number of carbonyl (C=O) groups excluding carboxylic acids is 1. The molecule has 1 saturated carbocycles. The number of carbonyl (C=O) groups is 1. The zero-order valence-electron chi connectivity index (χ0n) is 10.0. The molecule has 0 radical (unpaired) electrons. The van der Waals surface area contributed by atoms with Gasteiger partial charge in [0.1, 0.15) is 5.82 Å². The van der Waals surface area contributed by atoms with Crippen molar-refractivity contribution in [3.8, 4) is 0 Å². The highest BCUT2D eigenvalue weighted by atomic mass is 19.1. The lowest BCUT2D eigenvalue weighted by Gasteiger charge is -2.15. The summed E-state index contributed by atoms with van der Waals surface area (Å²) in [4.78, 5) is 11.8. The van der Waals surface area contributed by atoms with Crippen LogP contribution in [0.2, 0.25) is 0 Å². The van der Waals surface area contributed by atoms with Crippen molar-refractivity contribution in [1.82, 2.24) is 5.32 Å². The number of benzene rings is 1. The molecule has 0 saturated heterocycles. The lowest BCUT2D eigenvalue weighted by Crippen LogP contribution is -2.32. The highest BCUT2D eigenvalue weighted by molar-refractivity contribution is 5.95. The lowest BCUT2D eigenvalue weighted by atomic mass is 10.1. The van der Waals surface area contributed by atoms with Gasteiger partial charge in [-0.2, -0.15) is 0 Å². The van der Waals surface area contributed by atoms with Gasteiger partial charge in [-0.15, -0.1) is 0 Å². The Morgan fingerprint density at radius 1 is 1.44 bits per heavy atom. The van der Waals surface area contributed by atoms with E-state index in [0.717, 1.165) is 31.4 Å². The van der Waals surface area contributed by atoms with E-state index < -0.39 is 5.82 Å². The van der Waals surface area contributed by atoms with E-state index in [1.165, 1.54) is 6.07 Å². The van der Waals surface area contributed by atoms with Gasteiger partial charge in [0.2, 0.25) is 0 Å². The fourth-order valence-electron chi connectivity index (χ4n) is 2.32. The number of nitrogen functional groups attached to an aromatic ring is 1. The minimum absolute atomic E-state index is 0.0971. The summed E-state index contributed by atoms with van der Waals surface area (Å²) in [7, 11) is 0. The van der Waals surface area contributed by atoms with Crippen molar-refractivity contribution < 1.29 is 14.3 Å². The van der Waals surface area contributed by atoms with E-state index in [2.05, 4.69) is 5.32 Å². The zero-order valence-corrected chi connectivity index (χ0v) is 10.0. The molecule has 5 heteroatoms. The number of rotatable bonds is 3. The first kappa shape index (κ1) is 12.8. The van der Waals surface area contributed by atoms with Crippen LogP contribution in [0.15, 0.2) is 18.2 Å². The Hall–Kier alpha value is -1.62. The minimum atomic E-state index is -0.527. The van der Waals surface area contributed by atoms with Crippen molar-refractivity contribution in [1.29, 1.82) is 0 Å². The summed E-state index contributed by atoms with van der Waals surface area (Å²) in [6.07, 6.45) is 2.33. The number of nitrogens with two attached hydrogens (primary N) is 1. The van der Waals surface area contributed by atoms with Gasteiger partial charge in [-0.25, -0.2) is 4.39 Å². The van der Waals surface area contributed by atoms with Crippen LogP contribution in [0, 0.1) is 11.7 Å². The monoisotopic (exact) mass is 252 g/mol. The molecule has 2 rings (SSSR count). The van der Waals surface area contributed by atoms with Crippen molar-refractivity contribution in [3.63, 3.8) is 0 Å². The Labute approximate surface area is 105 Å². The second-order valence-corrected chi connectivity index (χ2v) is 4.74. The Morgan fingerprint density at radius 3 is 2.83 bits per heavy atom. The first-order valence-corrected chi connectivity index (χ1v) is 6.08. The summed E-state index contributed by atoms with van der Waals surface area (Å²) >= 11 is 0. The average molecular weight is 252 g/mol. The summed E-state index contributed by atoms with van der Waals surface area (Å²) in [5.41, 5.74) is 5.91. The molecule has 0 aromatic heterocycles. The number of anilines is 1. The number of aliphatic hydroxyl groups excluding tert-OH is 1. The molecular weight excluding hydrogens is 235 g/mol. The molecule has 98 valence electrons. The average Bonchev–Trinajstić information content (AvgIpc) is 2.70. The van der Waals surface area contributed by atoms with Gasteiger partial charge < -0.3 is 16.2 Å². The van der Waals surface area contributed by atoms with Crippen LogP contribution in [0.3, 0.4) is 0 Å². The van der Waals surface area contributed by atoms with Crippen LogP contribution < -0.4 is 11.1 Å². The van der Waals surface area contributed by atoms with Gasteiger partial charge in [-0.3, -0.25) is 4.79 Å². The predicted molar refractivity (Wildman–Crippen MR) is 66.5 cm³/mol. The molecule has 1 amide bonds. The summed E-state index contributed by atoms with van der Waals surface area (Å²) < 4.78 is 13.1. The number of amides is 1. The van der Waals surface area contributed by atoms with E-state index in [4.69, 9.17) is 5.73 Å². The topological polar surface area (TPSA) is 75.4 Å². The quantitative estimate of drug-likeness (QED) is 0.710. The standard InChI is InChI=1S/C13H17FN2O2/c14-10-4-9(5-11(15)6-10)13(18)16-7-8-2-1-3-12(8)17/h4-6,8,12,17H,1-3,7,15H2,(H,16,18). The largest absolute Gasteiger partial charge is 0.399 e. The summed E-state index contributed by atoms with van der Waals surface area (Å²) in [5, 5.41) is 12.3. The van der Waals surface area contributed by atoms with E-state index in [9.17, 15) is 14.3 Å². The van der Waals surface area contributed by atoms with Crippen LogP contribution in [0.4, 0.5) is 10.1 Å². The third-order valence-corrected chi connectivity index (χ3v) is 3.33. The van der Waals surface area contributed by atoms with Gasteiger partial charge >= 0.3 is 0 Å². The number of aliphatic hydroxyl groups is 1. The molecular formula is C13H17FN2O2. The van der Waals surface area contributed by atoms with Crippen LogP contribution in [-0.4, -0.2) is 23.7 Å². The Kier molecular flexibility index (Phi) is 3.81. The molecule has 2 unspecified atom stereocenters. The first-order valence-electron chi connectivity index (χ1n) is 6.08. The molecule has 1 aliphatic rings. The normalized spacial score (nSPS) is 23.0. The number of nitrogens with one attached hydrogen (secondary N) is 1. The molecule has 4 nitrogen and oxygen atoms in total. The first-order chi connectivity index (χ1) is 8.56. The fraction of sp³-hybridized carbons (Fsp3) is 0.462. The van der Waals surface area contributed by atoms with Gasteiger partial charge in [0.25, 0.3) is 5.91 Å². The van der Waals surface area contributed by atoms with E-state index in [1.54, 1.807) is 0 Å². The van der Waals surface area contributed by atoms with Crippen molar-refractivity contribution in [2.24, 2.45) is 5.92 Å². The minimum Gasteiger partial charge on any atom is -0.399 e. The molecule has 1 aliphatic carbocycles. The van der Waals surface area contributed by atoms with E-state index in [1.807, 2.05) is 0 Å². The summed E-state index contributed by atoms with van der Waals surface area (Å²) in [6, 6.07) is 3.75. The van der Waals surface area contributed by atoms with Gasteiger partial charge in [0.15, 0.2) is 0 Å². The number of halogens is 1. The molecule has 1 aromatic rings. The smallest absolute Gasteiger partial charge is 0.251 e. The Balaban J connectivity index is 1.95. The third kappa shape index (κ3) is 2.98. The maximum absolute atomic E-state index is 13.1. The van der Waals surface area contributed by atoms with E-state index in [0.29, 0.717) is 6.54 Å². The lowest BCUT2D eigenvalue weighted by molar-refractivity contribution is 0.0916. The molecule has 0 aliphatic heterocycles. The molecule has 4 N–H and O–H groups in total. The van der Waals surface area contributed by atoms with Crippen LogP contribution in [-0.2, 0) is 0 Å². The molecule has 0 heterocycles. The van der Waals surface area contributed by atoms with Crippen molar-refractivity contribution >= 4 is 11.6 Å². The van der Waals surface area contributed by atoms with Crippen LogP contribution in [0.5, 0.6) is 0 Å². The van der Waals surface area contributed by atoms with E-state index >= 15 is 0 Å². The van der Waals surface area contributed by atoms with Gasteiger partial charge in [0, 0.05) is 23.7 Å². The van der Waals surface area contributed by atoms with Crippen LogP contribution in [0.1, 0.15) is 29.6 Å². The van der Waals surface area contributed by atoms with Crippen LogP contribution in [0.25, 0.3) is 0 Å².